The van der Waals surface area contributed by atoms with Crippen molar-refractivity contribution in [2.24, 2.45) is 29.6 Å². The summed E-state index contributed by atoms with van der Waals surface area (Å²) in [6.07, 6.45) is 2.73. The molecule has 2 aliphatic heterocycles. The predicted molar refractivity (Wildman–Crippen MR) is 59.1 cm³/mol. The molecule has 4 heteroatoms. The number of rotatable bonds is 1. The van der Waals surface area contributed by atoms with Crippen LogP contribution in [0.3, 0.4) is 0 Å². The predicted octanol–water partition coefficient (Wildman–Crippen LogP) is 1.04. The van der Waals surface area contributed by atoms with E-state index in [1.54, 1.807) is 0 Å². The molecular weight excluding hydrogens is 220 g/mol. The fourth-order valence-electron chi connectivity index (χ4n) is 4.03. The lowest BCUT2D eigenvalue weighted by Crippen LogP contribution is -2.46. The summed E-state index contributed by atoms with van der Waals surface area (Å²) >= 11 is 0. The Kier molecular flexibility index (Phi) is 2.69. The molecule has 3 fully saturated rings. The van der Waals surface area contributed by atoms with Crippen LogP contribution >= 0.6 is 0 Å². The number of esters is 1. The summed E-state index contributed by atoms with van der Waals surface area (Å²) in [5.74, 6) is 0.627. The van der Waals surface area contributed by atoms with Crippen molar-refractivity contribution in [1.82, 2.24) is 0 Å². The van der Waals surface area contributed by atoms with E-state index in [0.29, 0.717) is 18.4 Å². The molecule has 0 aromatic carbocycles. The highest BCUT2D eigenvalue weighted by Gasteiger charge is 2.54. The summed E-state index contributed by atoms with van der Waals surface area (Å²) in [7, 11) is 0. The number of fused-ring (bicyclic) bond motifs is 2. The van der Waals surface area contributed by atoms with Crippen LogP contribution in [-0.4, -0.2) is 31.6 Å². The minimum Gasteiger partial charge on any atom is -0.462 e. The number of hydrogen-bond acceptors (Lipinski definition) is 4. The number of carbonyl (C=O) groups excluding carboxylic acids is 2. The zero-order valence-corrected chi connectivity index (χ0v) is 10.0. The lowest BCUT2D eigenvalue weighted by molar-refractivity contribution is -0.145. The molecular formula is C13H18O4. The first kappa shape index (κ1) is 11.2. The number of hydrogen-bond donors (Lipinski definition) is 0. The summed E-state index contributed by atoms with van der Waals surface area (Å²) in [6, 6.07) is 0. The molecule has 0 radical (unpaired) electrons. The van der Waals surface area contributed by atoms with E-state index in [9.17, 15) is 9.59 Å². The van der Waals surface area contributed by atoms with Crippen LogP contribution in [0.1, 0.15) is 19.8 Å². The van der Waals surface area contributed by atoms with E-state index in [0.717, 1.165) is 25.7 Å². The van der Waals surface area contributed by atoms with Crippen molar-refractivity contribution in [3.05, 3.63) is 0 Å². The smallest absolute Gasteiger partial charge is 0.309 e. The Morgan fingerprint density at radius 3 is 3.00 bits per heavy atom. The van der Waals surface area contributed by atoms with E-state index in [4.69, 9.17) is 9.47 Å². The molecule has 0 N–H and O–H groups in total. The fourth-order valence-corrected chi connectivity index (χ4v) is 4.03. The van der Waals surface area contributed by atoms with Crippen LogP contribution in [0, 0.1) is 29.6 Å². The SMILES string of the molecule is C[C@H]1OC(=O)[C@@H]2C[C@@H]3COCCC3[C@H](C=O)[C@H]12. The van der Waals surface area contributed by atoms with Gasteiger partial charge in [0.25, 0.3) is 0 Å². The van der Waals surface area contributed by atoms with Crippen molar-refractivity contribution in [2.75, 3.05) is 13.2 Å². The van der Waals surface area contributed by atoms with Crippen molar-refractivity contribution in [1.29, 1.82) is 0 Å². The molecule has 1 saturated carbocycles. The molecule has 1 unspecified atom stereocenters. The Bertz CT molecular complexity index is 340. The van der Waals surface area contributed by atoms with Crippen LogP contribution < -0.4 is 0 Å². The second-order valence-electron chi connectivity index (χ2n) is 5.56. The lowest BCUT2D eigenvalue weighted by Gasteiger charge is -2.44. The Morgan fingerprint density at radius 1 is 1.41 bits per heavy atom. The molecule has 2 heterocycles. The van der Waals surface area contributed by atoms with Gasteiger partial charge in [0.15, 0.2) is 0 Å². The van der Waals surface area contributed by atoms with Crippen molar-refractivity contribution in [2.45, 2.75) is 25.9 Å². The highest BCUT2D eigenvalue weighted by Crippen LogP contribution is 2.49. The van der Waals surface area contributed by atoms with Gasteiger partial charge in [-0.25, -0.2) is 0 Å². The summed E-state index contributed by atoms with van der Waals surface area (Å²) in [5.41, 5.74) is 0. The maximum Gasteiger partial charge on any atom is 0.309 e. The third-order valence-corrected chi connectivity index (χ3v) is 4.80. The second kappa shape index (κ2) is 4.09. The first-order chi connectivity index (χ1) is 8.22. The van der Waals surface area contributed by atoms with Crippen molar-refractivity contribution in [3.8, 4) is 0 Å². The van der Waals surface area contributed by atoms with Gasteiger partial charge < -0.3 is 14.3 Å². The molecule has 94 valence electrons. The zero-order chi connectivity index (χ0) is 12.0. The third-order valence-electron chi connectivity index (χ3n) is 4.80. The molecule has 1 aliphatic carbocycles. The fraction of sp³-hybridized carbons (Fsp3) is 0.846. The normalized spacial score (nSPS) is 49.1. The van der Waals surface area contributed by atoms with Crippen molar-refractivity contribution in [3.63, 3.8) is 0 Å². The minimum atomic E-state index is -0.113. The van der Waals surface area contributed by atoms with Crippen LogP contribution in [0.4, 0.5) is 0 Å². The molecule has 0 aromatic heterocycles. The van der Waals surface area contributed by atoms with Gasteiger partial charge in [-0.15, -0.1) is 0 Å². The van der Waals surface area contributed by atoms with Gasteiger partial charge in [0.1, 0.15) is 12.4 Å². The van der Waals surface area contributed by atoms with Crippen LogP contribution in [0.2, 0.25) is 0 Å². The molecule has 0 amide bonds. The van der Waals surface area contributed by atoms with Gasteiger partial charge in [0, 0.05) is 25.0 Å². The van der Waals surface area contributed by atoms with Gasteiger partial charge in [-0.2, -0.15) is 0 Å². The van der Waals surface area contributed by atoms with Gasteiger partial charge in [0.2, 0.25) is 0 Å². The minimum absolute atomic E-state index is 0.0240. The van der Waals surface area contributed by atoms with Gasteiger partial charge in [-0.05, 0) is 31.6 Å². The molecule has 17 heavy (non-hydrogen) atoms. The third kappa shape index (κ3) is 1.61. The van der Waals surface area contributed by atoms with Crippen LogP contribution in [0.25, 0.3) is 0 Å². The summed E-state index contributed by atoms with van der Waals surface area (Å²) in [5, 5.41) is 0. The molecule has 0 spiro atoms. The van der Waals surface area contributed by atoms with E-state index >= 15 is 0 Å². The molecule has 0 aromatic rings. The number of cyclic esters (lactones) is 1. The zero-order valence-electron chi connectivity index (χ0n) is 10.0. The average Bonchev–Trinajstić information content (AvgIpc) is 2.62. The highest BCUT2D eigenvalue weighted by atomic mass is 16.6. The number of carbonyl (C=O) groups is 2. The number of aldehydes is 1. The monoisotopic (exact) mass is 238 g/mol. The Labute approximate surface area is 101 Å². The summed E-state index contributed by atoms with van der Waals surface area (Å²) in [4.78, 5) is 23.2. The maximum atomic E-state index is 11.8. The topological polar surface area (TPSA) is 52.6 Å². The molecule has 3 rings (SSSR count). The lowest BCUT2D eigenvalue weighted by atomic mass is 9.60. The molecule has 2 saturated heterocycles. The Balaban J connectivity index is 1.90. The average molecular weight is 238 g/mol. The van der Waals surface area contributed by atoms with Crippen molar-refractivity contribution >= 4 is 12.3 Å². The first-order valence-corrected chi connectivity index (χ1v) is 6.46. The standard InChI is InChI=1S/C13H18O4/c1-7-12-10(13(15)17-7)4-8-6-16-3-2-9(8)11(12)5-14/h5,7-12H,2-4,6H2,1H3/t7-,8-,9?,10-,11+,12-/m1/s1. The van der Waals surface area contributed by atoms with Gasteiger partial charge in [-0.1, -0.05) is 0 Å². The van der Waals surface area contributed by atoms with Crippen LogP contribution in [-0.2, 0) is 19.1 Å². The van der Waals surface area contributed by atoms with Gasteiger partial charge in [-0.3, -0.25) is 4.79 Å². The Morgan fingerprint density at radius 2 is 2.24 bits per heavy atom. The quantitative estimate of drug-likeness (QED) is 0.506. The van der Waals surface area contributed by atoms with Crippen LogP contribution in [0.15, 0.2) is 0 Å². The van der Waals surface area contributed by atoms with Gasteiger partial charge in [0.05, 0.1) is 5.92 Å². The number of ether oxygens (including phenoxy) is 2. The maximum absolute atomic E-state index is 11.8. The van der Waals surface area contributed by atoms with Crippen LogP contribution in [0.5, 0.6) is 0 Å². The van der Waals surface area contributed by atoms with E-state index in [1.165, 1.54) is 0 Å². The van der Waals surface area contributed by atoms with Crippen molar-refractivity contribution < 1.29 is 19.1 Å². The molecule has 0 bridgehead atoms. The van der Waals surface area contributed by atoms with E-state index in [-0.39, 0.29) is 29.8 Å². The molecule has 3 aliphatic rings. The van der Waals surface area contributed by atoms with E-state index < -0.39 is 0 Å². The largest absolute Gasteiger partial charge is 0.462 e. The summed E-state index contributed by atoms with van der Waals surface area (Å²) in [6.45, 7) is 3.35. The molecule has 4 nitrogen and oxygen atoms in total. The highest BCUT2D eigenvalue weighted by molar-refractivity contribution is 5.76. The Hall–Kier alpha value is -0.900. The van der Waals surface area contributed by atoms with E-state index in [1.807, 2.05) is 6.92 Å². The molecule has 6 atom stereocenters. The van der Waals surface area contributed by atoms with E-state index in [2.05, 4.69) is 0 Å². The first-order valence-electron chi connectivity index (χ1n) is 6.46. The summed E-state index contributed by atoms with van der Waals surface area (Å²) < 4.78 is 10.8. The second-order valence-corrected chi connectivity index (χ2v) is 5.56. The van der Waals surface area contributed by atoms with Gasteiger partial charge >= 0.3 is 5.97 Å².